The van der Waals surface area contributed by atoms with Gasteiger partial charge in [-0.1, -0.05) is 30.3 Å². The van der Waals surface area contributed by atoms with E-state index in [0.717, 1.165) is 41.2 Å². The van der Waals surface area contributed by atoms with Gasteiger partial charge in [-0.3, -0.25) is 4.79 Å². The van der Waals surface area contributed by atoms with Crippen molar-refractivity contribution in [2.24, 2.45) is 0 Å². The second kappa shape index (κ2) is 8.87. The van der Waals surface area contributed by atoms with E-state index in [2.05, 4.69) is 15.5 Å². The van der Waals surface area contributed by atoms with Crippen molar-refractivity contribution in [3.05, 3.63) is 41.0 Å². The summed E-state index contributed by atoms with van der Waals surface area (Å²) in [5, 5.41) is 7.08. The fourth-order valence-corrected chi connectivity index (χ4v) is 3.26. The van der Waals surface area contributed by atoms with Crippen LogP contribution in [0.3, 0.4) is 0 Å². The molecule has 0 unspecified atom stereocenters. The lowest BCUT2D eigenvalue weighted by molar-refractivity contribution is -0.116. The van der Waals surface area contributed by atoms with Crippen molar-refractivity contribution in [1.82, 2.24) is 10.1 Å². The molecule has 0 aliphatic carbocycles. The van der Waals surface area contributed by atoms with Crippen LogP contribution >= 0.6 is 11.8 Å². The molecule has 1 heterocycles. The smallest absolute Gasteiger partial charge is 0.239 e. The lowest BCUT2D eigenvalue weighted by Gasteiger charge is -2.11. The van der Waals surface area contributed by atoms with Crippen molar-refractivity contribution in [2.75, 3.05) is 11.1 Å². The SMILES string of the molecule is CCc1noc([C@@H](C)SCCCC(=O)Nc2c(C)cccc2C)n1. The molecule has 0 aliphatic heterocycles. The number of para-hydroxylation sites is 1. The van der Waals surface area contributed by atoms with Crippen LogP contribution in [0.2, 0.25) is 0 Å². The summed E-state index contributed by atoms with van der Waals surface area (Å²) in [5.74, 6) is 2.35. The minimum Gasteiger partial charge on any atom is -0.338 e. The van der Waals surface area contributed by atoms with Gasteiger partial charge in [-0.2, -0.15) is 4.98 Å². The summed E-state index contributed by atoms with van der Waals surface area (Å²) in [7, 11) is 0. The zero-order valence-electron chi connectivity index (χ0n) is 14.8. The monoisotopic (exact) mass is 347 g/mol. The number of nitrogens with one attached hydrogen (secondary N) is 1. The highest BCUT2D eigenvalue weighted by Crippen LogP contribution is 2.27. The van der Waals surface area contributed by atoms with Gasteiger partial charge in [0.2, 0.25) is 11.8 Å². The summed E-state index contributed by atoms with van der Waals surface area (Å²) >= 11 is 1.73. The minimum atomic E-state index is 0.0618. The Hall–Kier alpha value is -1.82. The van der Waals surface area contributed by atoms with Gasteiger partial charge < -0.3 is 9.84 Å². The van der Waals surface area contributed by atoms with Gasteiger partial charge in [0.25, 0.3) is 0 Å². The number of thioether (sulfide) groups is 1. The highest BCUT2D eigenvalue weighted by molar-refractivity contribution is 7.99. The number of amides is 1. The van der Waals surface area contributed by atoms with E-state index in [0.29, 0.717) is 12.3 Å². The summed E-state index contributed by atoms with van der Waals surface area (Å²) < 4.78 is 5.24. The molecule has 0 saturated heterocycles. The fourth-order valence-electron chi connectivity index (χ4n) is 2.35. The summed E-state index contributed by atoms with van der Waals surface area (Å²) in [5.41, 5.74) is 3.12. The molecule has 6 heteroatoms. The molecule has 0 saturated carbocycles. The number of hydrogen-bond donors (Lipinski definition) is 1. The maximum atomic E-state index is 12.1. The number of anilines is 1. The van der Waals surface area contributed by atoms with Gasteiger partial charge in [0.05, 0.1) is 5.25 Å². The van der Waals surface area contributed by atoms with E-state index in [1.165, 1.54) is 0 Å². The van der Waals surface area contributed by atoms with Gasteiger partial charge in [-0.15, -0.1) is 11.8 Å². The van der Waals surface area contributed by atoms with E-state index < -0.39 is 0 Å². The van der Waals surface area contributed by atoms with E-state index in [9.17, 15) is 4.79 Å². The average molecular weight is 347 g/mol. The maximum Gasteiger partial charge on any atom is 0.239 e. The number of carbonyl (C=O) groups is 1. The molecule has 0 aliphatic rings. The first-order chi connectivity index (χ1) is 11.5. The number of aromatic nitrogens is 2. The van der Waals surface area contributed by atoms with Crippen LogP contribution < -0.4 is 5.32 Å². The molecule has 2 aromatic rings. The molecule has 0 radical (unpaired) electrons. The third-order valence-corrected chi connectivity index (χ3v) is 5.04. The van der Waals surface area contributed by atoms with Crippen LogP contribution in [-0.2, 0) is 11.2 Å². The zero-order chi connectivity index (χ0) is 17.5. The van der Waals surface area contributed by atoms with Gasteiger partial charge in [-0.25, -0.2) is 0 Å². The second-order valence-corrected chi connectivity index (χ2v) is 7.28. The quantitative estimate of drug-likeness (QED) is 0.714. The summed E-state index contributed by atoms with van der Waals surface area (Å²) in [6.07, 6.45) is 2.11. The number of rotatable bonds is 8. The normalized spacial score (nSPS) is 12.2. The minimum absolute atomic E-state index is 0.0618. The Morgan fingerprint density at radius 1 is 1.33 bits per heavy atom. The summed E-state index contributed by atoms with van der Waals surface area (Å²) in [6, 6.07) is 6.02. The highest BCUT2D eigenvalue weighted by Gasteiger charge is 2.14. The van der Waals surface area contributed by atoms with Crippen molar-refractivity contribution in [2.45, 2.75) is 52.2 Å². The molecule has 130 valence electrons. The van der Waals surface area contributed by atoms with Gasteiger partial charge in [0.1, 0.15) is 0 Å². The van der Waals surface area contributed by atoms with Gasteiger partial charge in [0, 0.05) is 18.5 Å². The predicted octanol–water partition coefficient (Wildman–Crippen LogP) is 4.46. The second-order valence-electron chi connectivity index (χ2n) is 5.83. The summed E-state index contributed by atoms with van der Waals surface area (Å²) in [6.45, 7) is 8.07. The van der Waals surface area contributed by atoms with Gasteiger partial charge in [-0.05, 0) is 44.1 Å². The van der Waals surface area contributed by atoms with Crippen LogP contribution in [0.4, 0.5) is 5.69 Å². The van der Waals surface area contributed by atoms with E-state index in [1.807, 2.05) is 45.9 Å². The van der Waals surface area contributed by atoms with Crippen LogP contribution in [0, 0.1) is 13.8 Å². The lowest BCUT2D eigenvalue weighted by Crippen LogP contribution is -2.13. The molecule has 0 spiro atoms. The first-order valence-electron chi connectivity index (χ1n) is 8.31. The first-order valence-corrected chi connectivity index (χ1v) is 9.36. The Bertz CT molecular complexity index is 664. The van der Waals surface area contributed by atoms with Crippen LogP contribution in [0.25, 0.3) is 0 Å². The highest BCUT2D eigenvalue weighted by atomic mass is 32.2. The van der Waals surface area contributed by atoms with Crippen LogP contribution in [-0.4, -0.2) is 21.8 Å². The maximum absolute atomic E-state index is 12.1. The molecule has 1 aromatic heterocycles. The molecular weight excluding hydrogens is 322 g/mol. The Morgan fingerprint density at radius 3 is 2.67 bits per heavy atom. The van der Waals surface area contributed by atoms with E-state index >= 15 is 0 Å². The topological polar surface area (TPSA) is 68.0 Å². The van der Waals surface area contributed by atoms with Crippen LogP contribution in [0.5, 0.6) is 0 Å². The van der Waals surface area contributed by atoms with Crippen molar-refractivity contribution in [1.29, 1.82) is 0 Å². The molecule has 0 fully saturated rings. The molecule has 1 atom stereocenters. The molecule has 1 amide bonds. The van der Waals surface area contributed by atoms with Crippen molar-refractivity contribution in [3.8, 4) is 0 Å². The lowest BCUT2D eigenvalue weighted by atomic mass is 10.1. The molecule has 5 nitrogen and oxygen atoms in total. The standard InChI is InChI=1S/C18H25N3O2S/c1-5-15-19-18(23-21-15)14(4)24-11-7-10-16(22)20-17-12(2)8-6-9-13(17)3/h6,8-9,14H,5,7,10-11H2,1-4H3,(H,20,22)/t14-/m1/s1. The van der Waals surface area contributed by atoms with Crippen LogP contribution in [0.1, 0.15) is 54.8 Å². The molecule has 24 heavy (non-hydrogen) atoms. The Morgan fingerprint density at radius 2 is 2.04 bits per heavy atom. The molecule has 2 rings (SSSR count). The van der Waals surface area contributed by atoms with Crippen molar-refractivity contribution in [3.63, 3.8) is 0 Å². The van der Waals surface area contributed by atoms with Gasteiger partial charge in [0.15, 0.2) is 5.82 Å². The van der Waals surface area contributed by atoms with E-state index in [-0.39, 0.29) is 11.2 Å². The molecular formula is C18H25N3O2S. The molecule has 0 bridgehead atoms. The third kappa shape index (κ3) is 5.09. The van der Waals surface area contributed by atoms with E-state index in [4.69, 9.17) is 4.52 Å². The Kier molecular flexibility index (Phi) is 6.85. The third-order valence-electron chi connectivity index (χ3n) is 3.81. The fraction of sp³-hybridized carbons (Fsp3) is 0.500. The molecule has 1 N–H and O–H groups in total. The Balaban J connectivity index is 1.73. The number of carbonyl (C=O) groups excluding carboxylic acids is 1. The van der Waals surface area contributed by atoms with Crippen molar-refractivity contribution >= 4 is 23.4 Å². The van der Waals surface area contributed by atoms with E-state index in [1.54, 1.807) is 11.8 Å². The number of aryl methyl sites for hydroxylation is 3. The number of nitrogens with zero attached hydrogens (tertiary/aromatic N) is 2. The van der Waals surface area contributed by atoms with Crippen molar-refractivity contribution < 1.29 is 9.32 Å². The van der Waals surface area contributed by atoms with Crippen LogP contribution in [0.15, 0.2) is 22.7 Å². The Labute approximate surface area is 147 Å². The number of hydrogen-bond acceptors (Lipinski definition) is 5. The zero-order valence-corrected chi connectivity index (χ0v) is 15.6. The average Bonchev–Trinajstić information content (AvgIpc) is 3.04. The number of benzene rings is 1. The summed E-state index contributed by atoms with van der Waals surface area (Å²) in [4.78, 5) is 16.5. The van der Waals surface area contributed by atoms with Gasteiger partial charge >= 0.3 is 0 Å². The largest absolute Gasteiger partial charge is 0.338 e. The predicted molar refractivity (Wildman–Crippen MR) is 98.3 cm³/mol. The first kappa shape index (κ1) is 18.5. The molecule has 1 aromatic carbocycles.